The first-order valence-corrected chi connectivity index (χ1v) is 5.63. The lowest BCUT2D eigenvalue weighted by molar-refractivity contribution is 0.590. The Morgan fingerprint density at radius 1 is 1.31 bits per heavy atom. The van der Waals surface area contributed by atoms with Gasteiger partial charge in [-0.1, -0.05) is 17.7 Å². The van der Waals surface area contributed by atoms with Crippen molar-refractivity contribution in [1.29, 1.82) is 0 Å². The Kier molecular flexibility index (Phi) is 4.56. The van der Waals surface area contributed by atoms with Crippen LogP contribution in [0.3, 0.4) is 0 Å². The zero-order valence-corrected chi connectivity index (χ0v) is 10.7. The van der Waals surface area contributed by atoms with Crippen LogP contribution in [0.25, 0.3) is 0 Å². The zero-order chi connectivity index (χ0) is 12.1. The average Bonchev–Trinajstić information content (AvgIpc) is 2.25. The summed E-state index contributed by atoms with van der Waals surface area (Å²) in [5, 5.41) is 3.32. The van der Waals surface area contributed by atoms with E-state index in [9.17, 15) is 0 Å². The van der Waals surface area contributed by atoms with Crippen molar-refractivity contribution in [2.24, 2.45) is 0 Å². The molecule has 1 unspecified atom stereocenters. The molecule has 0 aromatic heterocycles. The highest BCUT2D eigenvalue weighted by atomic mass is 15.1. The topological polar surface area (TPSA) is 15.3 Å². The van der Waals surface area contributed by atoms with E-state index in [0.717, 1.165) is 6.42 Å². The molecule has 0 heterocycles. The van der Waals surface area contributed by atoms with Crippen molar-refractivity contribution in [1.82, 2.24) is 5.32 Å². The summed E-state index contributed by atoms with van der Waals surface area (Å²) >= 11 is 0. The second-order valence-corrected chi connectivity index (χ2v) is 4.49. The van der Waals surface area contributed by atoms with Crippen LogP contribution >= 0.6 is 0 Å². The van der Waals surface area contributed by atoms with Crippen LogP contribution < -0.4 is 10.2 Å². The summed E-state index contributed by atoms with van der Waals surface area (Å²) in [5.41, 5.74) is 3.75. The lowest BCUT2D eigenvalue weighted by atomic mass is 10.0. The molecule has 0 radical (unpaired) electrons. The van der Waals surface area contributed by atoms with Crippen molar-refractivity contribution >= 4 is 5.69 Å². The molecule has 0 aliphatic heterocycles. The Labute approximate surface area is 99.0 Å². The van der Waals surface area contributed by atoms with Crippen molar-refractivity contribution < 1.29 is 0 Å². The first kappa shape index (κ1) is 12.8. The maximum absolute atomic E-state index is 3.97. The number of hydrogen-bond acceptors (Lipinski definition) is 2. The van der Waals surface area contributed by atoms with Crippen molar-refractivity contribution in [3.05, 3.63) is 42.0 Å². The molecule has 0 aliphatic rings. The van der Waals surface area contributed by atoms with Gasteiger partial charge in [-0.2, -0.15) is 0 Å². The Morgan fingerprint density at radius 2 is 1.88 bits per heavy atom. The Morgan fingerprint density at radius 3 is 2.25 bits per heavy atom. The fraction of sp³-hybridized carbons (Fsp3) is 0.429. The molecule has 0 fully saturated rings. The van der Waals surface area contributed by atoms with Crippen LogP contribution in [0, 0.1) is 0 Å². The van der Waals surface area contributed by atoms with Gasteiger partial charge in [0.25, 0.3) is 0 Å². The standard InChI is InChI=1S/C14H22N2/c1-11(2)10-14(15-3)12-6-8-13(9-7-12)16(4)5/h6-9,14-15H,1,10H2,2-5H3. The second-order valence-electron chi connectivity index (χ2n) is 4.49. The molecule has 1 aromatic carbocycles. The van der Waals surface area contributed by atoms with Gasteiger partial charge in [-0.25, -0.2) is 0 Å². The fourth-order valence-corrected chi connectivity index (χ4v) is 1.74. The third-order valence-corrected chi connectivity index (χ3v) is 2.71. The maximum atomic E-state index is 3.97. The van der Waals surface area contributed by atoms with Crippen LogP contribution in [0.2, 0.25) is 0 Å². The summed E-state index contributed by atoms with van der Waals surface area (Å²) in [4.78, 5) is 2.11. The van der Waals surface area contributed by atoms with Crippen molar-refractivity contribution in [3.8, 4) is 0 Å². The van der Waals surface area contributed by atoms with Crippen molar-refractivity contribution in [3.63, 3.8) is 0 Å². The molecule has 0 bridgehead atoms. The van der Waals surface area contributed by atoms with Crippen LogP contribution in [0.15, 0.2) is 36.4 Å². The molecular formula is C14H22N2. The molecule has 0 spiro atoms. The van der Waals surface area contributed by atoms with Gasteiger partial charge in [0.05, 0.1) is 0 Å². The molecule has 2 heteroatoms. The number of anilines is 1. The van der Waals surface area contributed by atoms with E-state index in [4.69, 9.17) is 0 Å². The number of nitrogens with zero attached hydrogens (tertiary/aromatic N) is 1. The summed E-state index contributed by atoms with van der Waals surface area (Å²) in [6.07, 6.45) is 0.984. The van der Waals surface area contributed by atoms with E-state index in [1.54, 1.807) is 0 Å². The number of hydrogen-bond donors (Lipinski definition) is 1. The largest absolute Gasteiger partial charge is 0.378 e. The number of benzene rings is 1. The van der Waals surface area contributed by atoms with Gasteiger partial charge < -0.3 is 10.2 Å². The zero-order valence-electron chi connectivity index (χ0n) is 10.7. The Balaban J connectivity index is 2.82. The molecule has 0 saturated carbocycles. The normalized spacial score (nSPS) is 12.2. The van der Waals surface area contributed by atoms with Gasteiger partial charge in [-0.05, 0) is 38.1 Å². The van der Waals surface area contributed by atoms with Crippen LogP contribution in [0.1, 0.15) is 24.9 Å². The average molecular weight is 218 g/mol. The first-order chi connectivity index (χ1) is 7.54. The summed E-state index contributed by atoms with van der Waals surface area (Å²) in [6, 6.07) is 9.03. The monoisotopic (exact) mass is 218 g/mol. The van der Waals surface area contributed by atoms with Gasteiger partial charge >= 0.3 is 0 Å². The maximum Gasteiger partial charge on any atom is 0.0361 e. The van der Waals surface area contributed by atoms with Crippen molar-refractivity contribution in [2.75, 3.05) is 26.0 Å². The summed E-state index contributed by atoms with van der Waals surface area (Å²) in [5.74, 6) is 0. The first-order valence-electron chi connectivity index (χ1n) is 5.63. The van der Waals surface area contributed by atoms with Gasteiger partial charge in [0, 0.05) is 25.8 Å². The lowest BCUT2D eigenvalue weighted by Crippen LogP contribution is -2.16. The fourth-order valence-electron chi connectivity index (χ4n) is 1.74. The molecule has 1 atom stereocenters. The number of nitrogens with one attached hydrogen (secondary N) is 1. The van der Waals surface area contributed by atoms with E-state index >= 15 is 0 Å². The molecule has 2 nitrogen and oxygen atoms in total. The smallest absolute Gasteiger partial charge is 0.0361 e. The van der Waals surface area contributed by atoms with Gasteiger partial charge in [-0.15, -0.1) is 6.58 Å². The molecule has 16 heavy (non-hydrogen) atoms. The minimum absolute atomic E-state index is 0.369. The SMILES string of the molecule is C=C(C)CC(NC)c1ccc(N(C)C)cc1. The molecule has 1 rings (SSSR count). The summed E-state index contributed by atoms with van der Waals surface area (Å²) in [7, 11) is 6.10. The van der Waals surface area contributed by atoms with Crippen LogP contribution in [-0.4, -0.2) is 21.1 Å². The highest BCUT2D eigenvalue weighted by Gasteiger charge is 2.08. The molecular weight excluding hydrogens is 196 g/mol. The van der Waals surface area contributed by atoms with Gasteiger partial charge in [0.1, 0.15) is 0 Å². The third-order valence-electron chi connectivity index (χ3n) is 2.71. The number of rotatable bonds is 5. The van der Waals surface area contributed by atoms with Gasteiger partial charge in [-0.3, -0.25) is 0 Å². The predicted octanol–water partition coefficient (Wildman–Crippen LogP) is 2.98. The van der Waals surface area contributed by atoms with Crippen LogP contribution in [0.4, 0.5) is 5.69 Å². The highest BCUT2D eigenvalue weighted by Crippen LogP contribution is 2.22. The van der Waals surface area contributed by atoms with E-state index in [0.29, 0.717) is 6.04 Å². The van der Waals surface area contributed by atoms with Crippen LogP contribution in [0.5, 0.6) is 0 Å². The molecule has 1 aromatic rings. The van der Waals surface area contributed by atoms with E-state index in [1.165, 1.54) is 16.8 Å². The molecule has 1 N–H and O–H groups in total. The minimum Gasteiger partial charge on any atom is -0.378 e. The molecule has 0 aliphatic carbocycles. The highest BCUT2D eigenvalue weighted by molar-refractivity contribution is 5.46. The van der Waals surface area contributed by atoms with E-state index in [-0.39, 0.29) is 0 Å². The van der Waals surface area contributed by atoms with E-state index < -0.39 is 0 Å². The Bertz CT molecular complexity index is 338. The molecule has 0 amide bonds. The van der Waals surface area contributed by atoms with Gasteiger partial charge in [0.15, 0.2) is 0 Å². The minimum atomic E-state index is 0.369. The quantitative estimate of drug-likeness (QED) is 0.764. The third kappa shape index (κ3) is 3.38. The second kappa shape index (κ2) is 5.71. The Hall–Kier alpha value is -1.28. The van der Waals surface area contributed by atoms with Crippen LogP contribution in [-0.2, 0) is 0 Å². The molecule has 0 saturated heterocycles. The van der Waals surface area contributed by atoms with E-state index in [2.05, 4.69) is 62.1 Å². The molecule has 88 valence electrons. The lowest BCUT2D eigenvalue weighted by Gasteiger charge is -2.18. The predicted molar refractivity (Wildman–Crippen MR) is 72.0 cm³/mol. The van der Waals surface area contributed by atoms with E-state index in [1.807, 2.05) is 7.05 Å². The van der Waals surface area contributed by atoms with Crippen molar-refractivity contribution in [2.45, 2.75) is 19.4 Å². The van der Waals surface area contributed by atoms with Gasteiger partial charge in [0.2, 0.25) is 0 Å². The summed E-state index contributed by atoms with van der Waals surface area (Å²) < 4.78 is 0. The summed E-state index contributed by atoms with van der Waals surface area (Å²) in [6.45, 7) is 6.03.